The number of hydrogen-bond acceptors (Lipinski definition) is 2. The van der Waals surface area contributed by atoms with Gasteiger partial charge in [-0.1, -0.05) is 17.7 Å². The van der Waals surface area contributed by atoms with Crippen LogP contribution in [0.15, 0.2) is 40.6 Å². The number of rotatable bonds is 0. The van der Waals surface area contributed by atoms with E-state index >= 15 is 0 Å². The van der Waals surface area contributed by atoms with Crippen LogP contribution in [-0.2, 0) is 4.79 Å². The molecule has 0 aromatic rings. The van der Waals surface area contributed by atoms with Crippen LogP contribution in [0.4, 0.5) is 0 Å². The summed E-state index contributed by atoms with van der Waals surface area (Å²) in [6, 6.07) is 0. The van der Waals surface area contributed by atoms with Gasteiger partial charge in [-0.25, -0.2) is 4.99 Å². The molecule has 3 nitrogen and oxygen atoms in total. The van der Waals surface area contributed by atoms with E-state index in [1.165, 1.54) is 6.08 Å². The predicted molar refractivity (Wildman–Crippen MR) is 49.5 cm³/mol. The van der Waals surface area contributed by atoms with Crippen molar-refractivity contribution < 1.29 is 9.90 Å². The van der Waals surface area contributed by atoms with Gasteiger partial charge in [-0.15, -0.1) is 0 Å². The number of carbonyl (C=O) groups excluding carboxylic acids is 1. The standard InChI is InChI=1S/C10H9NO2/c1-6-5-9(13)11-10-7(6)3-2-4-8(10)12/h2-5,7,12H,1H3. The van der Waals surface area contributed by atoms with Crippen molar-refractivity contribution in [1.82, 2.24) is 0 Å². The maximum Gasteiger partial charge on any atom is 0.270 e. The lowest BCUT2D eigenvalue weighted by molar-refractivity contribution is -0.113. The van der Waals surface area contributed by atoms with Crippen molar-refractivity contribution in [3.05, 3.63) is 35.6 Å². The summed E-state index contributed by atoms with van der Waals surface area (Å²) < 4.78 is 0. The topological polar surface area (TPSA) is 49.7 Å². The number of hydrogen-bond donors (Lipinski definition) is 1. The van der Waals surface area contributed by atoms with Crippen LogP contribution in [-0.4, -0.2) is 16.7 Å². The van der Waals surface area contributed by atoms with Gasteiger partial charge in [0, 0.05) is 12.0 Å². The smallest absolute Gasteiger partial charge is 0.270 e. The van der Waals surface area contributed by atoms with Crippen LogP contribution >= 0.6 is 0 Å². The highest BCUT2D eigenvalue weighted by molar-refractivity contribution is 6.13. The molecular formula is C10H9NO2. The van der Waals surface area contributed by atoms with Gasteiger partial charge in [0.05, 0.1) is 5.71 Å². The van der Waals surface area contributed by atoms with Gasteiger partial charge in [0.2, 0.25) is 0 Å². The molecule has 1 N–H and O–H groups in total. The Labute approximate surface area is 75.8 Å². The first-order valence-electron chi connectivity index (χ1n) is 4.07. The van der Waals surface area contributed by atoms with Gasteiger partial charge in [0.25, 0.3) is 5.91 Å². The van der Waals surface area contributed by atoms with Gasteiger partial charge in [-0.2, -0.15) is 0 Å². The number of aliphatic hydroxyl groups is 1. The van der Waals surface area contributed by atoms with E-state index in [1.807, 2.05) is 13.0 Å². The molecule has 0 saturated carbocycles. The maximum absolute atomic E-state index is 11.0. The molecule has 1 aliphatic heterocycles. The summed E-state index contributed by atoms with van der Waals surface area (Å²) in [7, 11) is 0. The molecule has 66 valence electrons. The quantitative estimate of drug-likeness (QED) is 0.607. The molecule has 0 bridgehead atoms. The van der Waals surface area contributed by atoms with Crippen LogP contribution in [0.25, 0.3) is 0 Å². The number of amides is 1. The van der Waals surface area contributed by atoms with Gasteiger partial charge >= 0.3 is 0 Å². The van der Waals surface area contributed by atoms with Crippen LogP contribution < -0.4 is 0 Å². The van der Waals surface area contributed by atoms with Crippen molar-refractivity contribution in [3.63, 3.8) is 0 Å². The van der Waals surface area contributed by atoms with Crippen molar-refractivity contribution in [2.45, 2.75) is 6.92 Å². The summed E-state index contributed by atoms with van der Waals surface area (Å²) in [4.78, 5) is 14.8. The zero-order valence-electron chi connectivity index (χ0n) is 7.19. The van der Waals surface area contributed by atoms with E-state index in [-0.39, 0.29) is 17.6 Å². The van der Waals surface area contributed by atoms with Crippen molar-refractivity contribution in [1.29, 1.82) is 0 Å². The Hall–Kier alpha value is -1.64. The molecule has 1 atom stereocenters. The SMILES string of the molecule is CC1=CC(=O)N=C2C(O)=CC=CC12. The zero-order valence-corrected chi connectivity index (χ0v) is 7.19. The number of carbonyl (C=O) groups is 1. The fourth-order valence-electron chi connectivity index (χ4n) is 1.52. The van der Waals surface area contributed by atoms with E-state index in [0.717, 1.165) is 5.57 Å². The van der Waals surface area contributed by atoms with Gasteiger partial charge < -0.3 is 5.11 Å². The zero-order chi connectivity index (χ0) is 9.42. The largest absolute Gasteiger partial charge is 0.506 e. The minimum Gasteiger partial charge on any atom is -0.506 e. The van der Waals surface area contributed by atoms with Gasteiger partial charge in [0.1, 0.15) is 5.76 Å². The number of nitrogens with zero attached hydrogens (tertiary/aromatic N) is 1. The summed E-state index contributed by atoms with van der Waals surface area (Å²) in [6.07, 6.45) is 6.72. The Morgan fingerprint density at radius 1 is 1.54 bits per heavy atom. The normalized spacial score (nSPS) is 26.1. The fraction of sp³-hybridized carbons (Fsp3) is 0.200. The average molecular weight is 175 g/mol. The highest BCUT2D eigenvalue weighted by Gasteiger charge is 2.25. The molecule has 0 aromatic heterocycles. The number of allylic oxidation sites excluding steroid dienone is 5. The van der Waals surface area contributed by atoms with E-state index in [4.69, 9.17) is 0 Å². The van der Waals surface area contributed by atoms with Crippen LogP contribution in [0, 0.1) is 5.92 Å². The molecule has 3 heteroatoms. The molecule has 0 saturated heterocycles. The van der Waals surface area contributed by atoms with E-state index < -0.39 is 0 Å². The Balaban J connectivity index is 2.48. The molecule has 0 aromatic carbocycles. The third kappa shape index (κ3) is 1.22. The molecule has 1 amide bonds. The van der Waals surface area contributed by atoms with Gasteiger partial charge in [-0.3, -0.25) is 4.79 Å². The lowest BCUT2D eigenvalue weighted by Crippen LogP contribution is -2.23. The molecule has 13 heavy (non-hydrogen) atoms. The fourth-order valence-corrected chi connectivity index (χ4v) is 1.52. The highest BCUT2D eigenvalue weighted by atomic mass is 16.3. The molecule has 0 fully saturated rings. The van der Waals surface area contributed by atoms with E-state index in [1.54, 1.807) is 12.2 Å². The molecular weight excluding hydrogens is 166 g/mol. The molecule has 0 radical (unpaired) electrons. The minimum atomic E-state index is -0.293. The lowest BCUT2D eigenvalue weighted by atomic mass is 9.88. The second kappa shape index (κ2) is 2.69. The molecule has 1 heterocycles. The van der Waals surface area contributed by atoms with E-state index in [0.29, 0.717) is 5.71 Å². The van der Waals surface area contributed by atoms with Crippen molar-refractivity contribution in [2.24, 2.45) is 10.9 Å². The van der Waals surface area contributed by atoms with Gasteiger partial charge in [0.15, 0.2) is 0 Å². The number of fused-ring (bicyclic) bond motifs is 1. The highest BCUT2D eigenvalue weighted by Crippen LogP contribution is 2.24. The summed E-state index contributed by atoms with van der Waals surface area (Å²) >= 11 is 0. The second-order valence-corrected chi connectivity index (χ2v) is 3.14. The summed E-state index contributed by atoms with van der Waals surface area (Å²) in [5.74, 6) is -0.227. The number of aliphatic imine (C=N–C) groups is 1. The molecule has 2 rings (SSSR count). The summed E-state index contributed by atoms with van der Waals surface area (Å²) in [5.41, 5.74) is 1.39. The average Bonchev–Trinajstić information content (AvgIpc) is 2.07. The summed E-state index contributed by atoms with van der Waals surface area (Å²) in [6.45, 7) is 1.86. The molecule has 1 unspecified atom stereocenters. The van der Waals surface area contributed by atoms with E-state index in [9.17, 15) is 9.90 Å². The molecule has 0 spiro atoms. The Morgan fingerprint density at radius 2 is 2.31 bits per heavy atom. The first-order chi connectivity index (χ1) is 6.18. The summed E-state index contributed by atoms with van der Waals surface area (Å²) in [5, 5.41) is 9.44. The van der Waals surface area contributed by atoms with Crippen LogP contribution in [0.1, 0.15) is 6.92 Å². The Kier molecular flexibility index (Phi) is 1.65. The monoisotopic (exact) mass is 175 g/mol. The van der Waals surface area contributed by atoms with E-state index in [2.05, 4.69) is 4.99 Å². The van der Waals surface area contributed by atoms with Crippen LogP contribution in [0.2, 0.25) is 0 Å². The number of dihydropyridines is 1. The Bertz CT molecular complexity index is 386. The predicted octanol–water partition coefficient (Wildman–Crippen LogP) is 1.54. The first-order valence-corrected chi connectivity index (χ1v) is 4.07. The second-order valence-electron chi connectivity index (χ2n) is 3.14. The third-order valence-electron chi connectivity index (χ3n) is 2.19. The van der Waals surface area contributed by atoms with Gasteiger partial charge in [-0.05, 0) is 13.0 Å². The van der Waals surface area contributed by atoms with Crippen molar-refractivity contribution in [2.75, 3.05) is 0 Å². The first kappa shape index (κ1) is 7.98. The molecule has 1 aliphatic carbocycles. The maximum atomic E-state index is 11.0. The van der Waals surface area contributed by atoms with Crippen LogP contribution in [0.5, 0.6) is 0 Å². The third-order valence-corrected chi connectivity index (χ3v) is 2.19. The van der Waals surface area contributed by atoms with Crippen molar-refractivity contribution >= 4 is 11.6 Å². The van der Waals surface area contributed by atoms with Crippen LogP contribution in [0.3, 0.4) is 0 Å². The molecule has 2 aliphatic rings. The van der Waals surface area contributed by atoms with Crippen molar-refractivity contribution in [3.8, 4) is 0 Å². The lowest BCUT2D eigenvalue weighted by Gasteiger charge is -2.21. The Morgan fingerprint density at radius 3 is 3.08 bits per heavy atom. The minimum absolute atomic E-state index is 0.0253. The number of aliphatic hydroxyl groups excluding tert-OH is 1.